The minimum absolute atomic E-state index is 0.197. The van der Waals surface area contributed by atoms with Crippen LogP contribution in [0, 0.1) is 5.82 Å². The van der Waals surface area contributed by atoms with Gasteiger partial charge in [0.15, 0.2) is 0 Å². The molecule has 0 atom stereocenters. The van der Waals surface area contributed by atoms with Gasteiger partial charge in [0.25, 0.3) is 5.22 Å². The fourth-order valence-corrected chi connectivity index (χ4v) is 2.45. The summed E-state index contributed by atoms with van der Waals surface area (Å²) >= 11 is 1.26. The van der Waals surface area contributed by atoms with E-state index in [9.17, 15) is 12.8 Å². The summed E-state index contributed by atoms with van der Waals surface area (Å²) < 4.78 is 45.9. The van der Waals surface area contributed by atoms with Crippen LogP contribution in [0.3, 0.4) is 0 Å². The van der Waals surface area contributed by atoms with E-state index < -0.39 is 22.0 Å². The Kier molecular flexibility index (Phi) is 4.05. The molecule has 0 fully saturated rings. The third-order valence-corrected chi connectivity index (χ3v) is 3.85. The van der Waals surface area contributed by atoms with Gasteiger partial charge in [-0.3, -0.25) is 0 Å². The molecule has 6 nitrogen and oxygen atoms in total. The number of rotatable bonds is 5. The van der Waals surface area contributed by atoms with Crippen molar-refractivity contribution in [3.63, 3.8) is 0 Å². The number of nitrogens with zero attached hydrogens (tertiary/aromatic N) is 2. The Morgan fingerprint density at radius 1 is 1.32 bits per heavy atom. The molecule has 0 saturated heterocycles. The van der Waals surface area contributed by atoms with Gasteiger partial charge in [-0.2, -0.15) is 8.42 Å². The van der Waals surface area contributed by atoms with E-state index in [0.29, 0.717) is 5.75 Å². The van der Waals surface area contributed by atoms with Crippen LogP contribution in [0.4, 0.5) is 4.39 Å². The van der Waals surface area contributed by atoms with Crippen molar-refractivity contribution >= 4 is 21.9 Å². The van der Waals surface area contributed by atoms with E-state index >= 15 is 0 Å². The van der Waals surface area contributed by atoms with Gasteiger partial charge < -0.3 is 8.60 Å². The molecule has 0 radical (unpaired) electrons. The number of aromatic nitrogens is 2. The standard InChI is InChI=1S/C10H9FN2O4S2/c1-2-18-10-13-12-9(16-10)17-19(14,15)8-5-3-7(11)4-6-8/h3-6H,2H2,1H3. The lowest BCUT2D eigenvalue weighted by Gasteiger charge is -2.01. The van der Waals surface area contributed by atoms with Gasteiger partial charge >= 0.3 is 16.2 Å². The Bertz CT molecular complexity index is 654. The largest absolute Gasteiger partial charge is 0.431 e. The van der Waals surface area contributed by atoms with Gasteiger partial charge in [-0.25, -0.2) is 4.39 Å². The Morgan fingerprint density at radius 2 is 2.00 bits per heavy atom. The van der Waals surface area contributed by atoms with Crippen LogP contribution in [-0.4, -0.2) is 24.4 Å². The molecule has 2 rings (SSSR count). The molecular formula is C10H9FN2O4S2. The van der Waals surface area contributed by atoms with E-state index in [0.717, 1.165) is 24.3 Å². The quantitative estimate of drug-likeness (QED) is 0.618. The summed E-state index contributed by atoms with van der Waals surface area (Å²) in [6.07, 6.45) is -0.472. The summed E-state index contributed by atoms with van der Waals surface area (Å²) in [5.74, 6) is 0.158. The van der Waals surface area contributed by atoms with Crippen molar-refractivity contribution in [3.05, 3.63) is 30.1 Å². The van der Waals surface area contributed by atoms with Crippen molar-refractivity contribution in [3.8, 4) is 6.08 Å². The summed E-state index contributed by atoms with van der Waals surface area (Å²) in [6.45, 7) is 1.88. The Hall–Kier alpha value is -1.61. The first-order chi connectivity index (χ1) is 9.01. The zero-order valence-electron chi connectivity index (χ0n) is 9.74. The van der Waals surface area contributed by atoms with Gasteiger partial charge in [0.2, 0.25) is 0 Å². The fourth-order valence-electron chi connectivity index (χ4n) is 1.16. The molecule has 0 spiro atoms. The van der Waals surface area contributed by atoms with E-state index in [2.05, 4.69) is 14.4 Å². The summed E-state index contributed by atoms with van der Waals surface area (Å²) in [7, 11) is -4.10. The van der Waals surface area contributed by atoms with Crippen molar-refractivity contribution in [2.75, 3.05) is 5.75 Å². The van der Waals surface area contributed by atoms with Crippen molar-refractivity contribution in [1.82, 2.24) is 10.2 Å². The summed E-state index contributed by atoms with van der Waals surface area (Å²) in [4.78, 5) is -0.197. The Labute approximate surface area is 113 Å². The predicted octanol–water partition coefficient (Wildman–Crippen LogP) is 2.09. The molecular weight excluding hydrogens is 295 g/mol. The lowest BCUT2D eigenvalue weighted by molar-refractivity contribution is 0.333. The minimum Gasteiger partial charge on any atom is -0.382 e. The highest BCUT2D eigenvalue weighted by atomic mass is 32.2. The van der Waals surface area contributed by atoms with E-state index in [4.69, 9.17) is 4.42 Å². The highest BCUT2D eigenvalue weighted by Gasteiger charge is 2.20. The Balaban J connectivity index is 2.18. The molecule has 0 aliphatic heterocycles. The first-order valence-electron chi connectivity index (χ1n) is 5.17. The number of hydrogen-bond acceptors (Lipinski definition) is 7. The van der Waals surface area contributed by atoms with Gasteiger partial charge in [0, 0.05) is 0 Å². The second kappa shape index (κ2) is 5.57. The molecule has 0 bridgehead atoms. The predicted molar refractivity (Wildman–Crippen MR) is 64.9 cm³/mol. The molecule has 0 unspecified atom stereocenters. The van der Waals surface area contributed by atoms with Gasteiger partial charge in [0.1, 0.15) is 10.7 Å². The second-order valence-corrected chi connectivity index (χ2v) is 6.02. The second-order valence-electron chi connectivity index (χ2n) is 3.26. The first-order valence-corrected chi connectivity index (χ1v) is 7.57. The topological polar surface area (TPSA) is 82.3 Å². The maximum Gasteiger partial charge on any atom is 0.431 e. The Morgan fingerprint density at radius 3 is 2.63 bits per heavy atom. The molecule has 1 heterocycles. The zero-order chi connectivity index (χ0) is 13.9. The minimum atomic E-state index is -4.10. The zero-order valence-corrected chi connectivity index (χ0v) is 11.4. The van der Waals surface area contributed by atoms with Crippen molar-refractivity contribution in [1.29, 1.82) is 0 Å². The van der Waals surface area contributed by atoms with Crippen LogP contribution in [-0.2, 0) is 10.1 Å². The number of hydrogen-bond donors (Lipinski definition) is 0. The van der Waals surface area contributed by atoms with Crippen LogP contribution in [0.15, 0.2) is 38.8 Å². The maximum absolute atomic E-state index is 12.7. The summed E-state index contributed by atoms with van der Waals surface area (Å²) in [6, 6.07) is 4.20. The van der Waals surface area contributed by atoms with Crippen molar-refractivity contribution in [2.45, 2.75) is 17.0 Å². The number of thioether (sulfide) groups is 1. The van der Waals surface area contributed by atoms with Gasteiger partial charge in [-0.1, -0.05) is 28.9 Å². The van der Waals surface area contributed by atoms with Crippen molar-refractivity contribution in [2.24, 2.45) is 0 Å². The lowest BCUT2D eigenvalue weighted by atomic mass is 10.4. The van der Waals surface area contributed by atoms with Gasteiger partial charge in [-0.15, -0.1) is 0 Å². The number of benzene rings is 1. The molecule has 0 N–H and O–H groups in total. The SMILES string of the molecule is CCSc1nnc(OS(=O)(=O)c2ccc(F)cc2)o1. The molecule has 0 aliphatic rings. The van der Waals surface area contributed by atoms with Crippen molar-refractivity contribution < 1.29 is 21.4 Å². The first kappa shape index (κ1) is 13.8. The summed E-state index contributed by atoms with van der Waals surface area (Å²) in [5.41, 5.74) is 0. The molecule has 2 aromatic rings. The molecule has 0 aliphatic carbocycles. The third-order valence-electron chi connectivity index (χ3n) is 1.94. The number of halogens is 1. The third kappa shape index (κ3) is 3.44. The van der Waals surface area contributed by atoms with E-state index in [1.54, 1.807) is 0 Å². The van der Waals surface area contributed by atoms with E-state index in [-0.39, 0.29) is 10.1 Å². The normalized spacial score (nSPS) is 11.5. The molecule has 0 saturated carbocycles. The fraction of sp³-hybridized carbons (Fsp3) is 0.200. The monoisotopic (exact) mass is 304 g/mol. The van der Waals surface area contributed by atoms with E-state index in [1.807, 2.05) is 6.92 Å². The van der Waals surface area contributed by atoms with Gasteiger partial charge in [-0.05, 0) is 30.0 Å². The van der Waals surface area contributed by atoms with Crippen LogP contribution in [0.5, 0.6) is 6.08 Å². The van der Waals surface area contributed by atoms with Crippen LogP contribution in [0.1, 0.15) is 6.92 Å². The van der Waals surface area contributed by atoms with Gasteiger partial charge in [0.05, 0.1) is 0 Å². The highest BCUT2D eigenvalue weighted by Crippen LogP contribution is 2.22. The lowest BCUT2D eigenvalue weighted by Crippen LogP contribution is -2.09. The van der Waals surface area contributed by atoms with E-state index in [1.165, 1.54) is 11.8 Å². The molecule has 1 aromatic heterocycles. The van der Waals surface area contributed by atoms with Crippen LogP contribution < -0.4 is 4.18 Å². The highest BCUT2D eigenvalue weighted by molar-refractivity contribution is 7.99. The van der Waals surface area contributed by atoms with Crippen LogP contribution >= 0.6 is 11.8 Å². The molecule has 102 valence electrons. The maximum atomic E-state index is 12.7. The molecule has 19 heavy (non-hydrogen) atoms. The average Bonchev–Trinajstić information content (AvgIpc) is 2.77. The molecule has 9 heteroatoms. The summed E-state index contributed by atoms with van der Waals surface area (Å²) in [5, 5.41) is 7.26. The molecule has 1 aromatic carbocycles. The smallest absolute Gasteiger partial charge is 0.382 e. The molecule has 0 amide bonds. The van der Waals surface area contributed by atoms with Crippen LogP contribution in [0.2, 0.25) is 0 Å². The average molecular weight is 304 g/mol. The van der Waals surface area contributed by atoms with Crippen LogP contribution in [0.25, 0.3) is 0 Å².